The Bertz CT molecular complexity index is 1510. The van der Waals surface area contributed by atoms with E-state index < -0.39 is 11.4 Å². The largest absolute Gasteiger partial charge is 0.497 e. The number of amides is 2. The Kier molecular flexibility index (Phi) is 8.27. The number of hydrogen-bond acceptors (Lipinski definition) is 7. The summed E-state index contributed by atoms with van der Waals surface area (Å²) in [6.45, 7) is 7.35. The van der Waals surface area contributed by atoms with Gasteiger partial charge in [0.2, 0.25) is 5.91 Å². The van der Waals surface area contributed by atoms with E-state index in [-0.39, 0.29) is 5.91 Å². The molecule has 2 amide bonds. The van der Waals surface area contributed by atoms with Crippen molar-refractivity contribution in [2.75, 3.05) is 24.9 Å². The molecule has 204 valence electrons. The lowest BCUT2D eigenvalue weighted by Gasteiger charge is -2.15. The number of aryl methyl sites for hydroxylation is 1. The van der Waals surface area contributed by atoms with E-state index in [0.29, 0.717) is 50.8 Å². The Morgan fingerprint density at radius 1 is 1.03 bits per heavy atom. The SMILES string of the molecule is COc1ccc(NC(=O)n2nc(-c3sc(NC(=O)C(C)(C)C)nc3C)cc2Cc2cc(Cl)ccc2OC)cc1. The molecule has 11 heteroatoms. The van der Waals surface area contributed by atoms with E-state index in [1.807, 2.05) is 33.8 Å². The van der Waals surface area contributed by atoms with E-state index in [1.165, 1.54) is 16.0 Å². The number of methoxy groups -OCH3 is 2. The average Bonchev–Trinajstić information content (AvgIpc) is 3.47. The standard InChI is InChI=1S/C28H30ClN5O4S/c1-16-24(39-26(30-16)32-25(35)28(2,3)4)22-15-20(14-17-13-18(29)7-12-23(17)38-6)34(33-22)27(36)31-19-8-10-21(37-5)11-9-19/h7-13,15H,14H2,1-6H3,(H,31,36)(H,30,32,35). The summed E-state index contributed by atoms with van der Waals surface area (Å²) in [4.78, 5) is 31.2. The van der Waals surface area contributed by atoms with Crippen molar-refractivity contribution in [1.29, 1.82) is 0 Å². The normalized spacial score (nSPS) is 11.3. The number of ether oxygens (including phenoxy) is 2. The summed E-state index contributed by atoms with van der Waals surface area (Å²) in [6, 6.07) is 13.8. The van der Waals surface area contributed by atoms with Gasteiger partial charge in [0.15, 0.2) is 5.13 Å². The van der Waals surface area contributed by atoms with Gasteiger partial charge in [-0.15, -0.1) is 0 Å². The molecule has 0 aliphatic carbocycles. The highest BCUT2D eigenvalue weighted by molar-refractivity contribution is 7.19. The zero-order chi connectivity index (χ0) is 28.3. The molecular weight excluding hydrogens is 538 g/mol. The number of thiazole rings is 1. The van der Waals surface area contributed by atoms with Crippen LogP contribution >= 0.6 is 22.9 Å². The summed E-state index contributed by atoms with van der Waals surface area (Å²) in [6.07, 6.45) is 0.332. The van der Waals surface area contributed by atoms with Crippen LogP contribution in [0.1, 0.15) is 37.7 Å². The summed E-state index contributed by atoms with van der Waals surface area (Å²) in [7, 11) is 3.16. The van der Waals surface area contributed by atoms with Crippen LogP contribution in [0.4, 0.5) is 15.6 Å². The third-order valence-electron chi connectivity index (χ3n) is 5.86. The first-order valence-electron chi connectivity index (χ1n) is 12.1. The minimum atomic E-state index is -0.565. The summed E-state index contributed by atoms with van der Waals surface area (Å²) in [5.74, 6) is 1.18. The van der Waals surface area contributed by atoms with Gasteiger partial charge in [-0.3, -0.25) is 4.79 Å². The fraction of sp³-hybridized carbons (Fsp3) is 0.286. The molecule has 0 atom stereocenters. The quantitative estimate of drug-likeness (QED) is 0.259. The van der Waals surface area contributed by atoms with Gasteiger partial charge in [-0.1, -0.05) is 43.7 Å². The van der Waals surface area contributed by atoms with Gasteiger partial charge in [-0.2, -0.15) is 9.78 Å². The van der Waals surface area contributed by atoms with Crippen molar-refractivity contribution in [2.24, 2.45) is 5.41 Å². The lowest BCUT2D eigenvalue weighted by Crippen LogP contribution is -2.27. The van der Waals surface area contributed by atoms with Gasteiger partial charge in [0.25, 0.3) is 0 Å². The zero-order valence-corrected chi connectivity index (χ0v) is 24.2. The van der Waals surface area contributed by atoms with E-state index >= 15 is 0 Å². The van der Waals surface area contributed by atoms with Gasteiger partial charge in [0.05, 0.1) is 30.5 Å². The maximum Gasteiger partial charge on any atom is 0.346 e. The van der Waals surface area contributed by atoms with Crippen LogP contribution in [0.25, 0.3) is 10.6 Å². The molecule has 0 saturated carbocycles. The van der Waals surface area contributed by atoms with Crippen molar-refractivity contribution in [3.63, 3.8) is 0 Å². The van der Waals surface area contributed by atoms with Gasteiger partial charge >= 0.3 is 6.03 Å². The van der Waals surface area contributed by atoms with E-state index in [2.05, 4.69) is 20.7 Å². The van der Waals surface area contributed by atoms with Crippen molar-refractivity contribution in [2.45, 2.75) is 34.1 Å². The third kappa shape index (κ3) is 6.58. The lowest BCUT2D eigenvalue weighted by molar-refractivity contribution is -0.123. The van der Waals surface area contributed by atoms with Crippen LogP contribution in [0.2, 0.25) is 5.02 Å². The maximum atomic E-state index is 13.4. The lowest BCUT2D eigenvalue weighted by atomic mass is 9.96. The van der Waals surface area contributed by atoms with Crippen LogP contribution in [0.15, 0.2) is 48.5 Å². The molecule has 39 heavy (non-hydrogen) atoms. The molecule has 0 spiro atoms. The molecule has 0 fully saturated rings. The maximum absolute atomic E-state index is 13.4. The van der Waals surface area contributed by atoms with E-state index in [9.17, 15) is 9.59 Å². The van der Waals surface area contributed by atoms with Gasteiger partial charge in [0.1, 0.15) is 17.2 Å². The fourth-order valence-electron chi connectivity index (χ4n) is 3.74. The number of carbonyl (C=O) groups is 2. The first-order valence-corrected chi connectivity index (χ1v) is 13.3. The zero-order valence-electron chi connectivity index (χ0n) is 22.6. The van der Waals surface area contributed by atoms with Crippen molar-refractivity contribution >= 4 is 45.7 Å². The Morgan fingerprint density at radius 2 is 1.74 bits per heavy atom. The predicted octanol–water partition coefficient (Wildman–Crippen LogP) is 6.64. The van der Waals surface area contributed by atoms with Crippen molar-refractivity contribution < 1.29 is 19.1 Å². The minimum absolute atomic E-state index is 0.138. The summed E-state index contributed by atoms with van der Waals surface area (Å²) >= 11 is 7.57. The molecule has 4 rings (SSSR count). The molecule has 0 saturated heterocycles. The van der Waals surface area contributed by atoms with Crippen LogP contribution in [-0.4, -0.2) is 40.9 Å². The number of nitrogens with one attached hydrogen (secondary N) is 2. The van der Waals surface area contributed by atoms with Crippen LogP contribution in [0.5, 0.6) is 11.5 Å². The molecule has 2 aromatic carbocycles. The Balaban J connectivity index is 1.72. The number of benzene rings is 2. The van der Waals surface area contributed by atoms with Crippen LogP contribution in [0.3, 0.4) is 0 Å². The average molecular weight is 568 g/mol. The number of halogens is 1. The number of rotatable bonds is 7. The topological polar surface area (TPSA) is 107 Å². The summed E-state index contributed by atoms with van der Waals surface area (Å²) < 4.78 is 12.0. The molecular formula is C28H30ClN5O4S. The minimum Gasteiger partial charge on any atom is -0.497 e. The molecule has 0 aliphatic rings. The van der Waals surface area contributed by atoms with Gasteiger partial charge in [0, 0.05) is 28.1 Å². The monoisotopic (exact) mass is 567 g/mol. The summed E-state index contributed by atoms with van der Waals surface area (Å²) in [5.41, 5.74) is 2.69. The van der Waals surface area contributed by atoms with Crippen molar-refractivity contribution in [1.82, 2.24) is 14.8 Å². The molecule has 2 heterocycles. The molecule has 4 aromatic rings. The number of aromatic nitrogens is 3. The van der Waals surface area contributed by atoms with E-state index in [1.54, 1.807) is 56.7 Å². The first kappa shape index (κ1) is 28.1. The first-order chi connectivity index (χ1) is 18.5. The fourth-order valence-corrected chi connectivity index (χ4v) is 4.85. The molecule has 0 unspecified atom stereocenters. The molecule has 2 aromatic heterocycles. The predicted molar refractivity (Wildman–Crippen MR) is 154 cm³/mol. The molecule has 0 radical (unpaired) electrons. The third-order valence-corrected chi connectivity index (χ3v) is 7.19. The number of carbonyl (C=O) groups excluding carboxylic acids is 2. The van der Waals surface area contributed by atoms with Gasteiger partial charge in [-0.25, -0.2) is 9.78 Å². The molecule has 2 N–H and O–H groups in total. The van der Waals surface area contributed by atoms with Crippen molar-refractivity contribution in [3.8, 4) is 22.1 Å². The Hall–Kier alpha value is -3.89. The van der Waals surface area contributed by atoms with Crippen LogP contribution in [0, 0.1) is 12.3 Å². The van der Waals surface area contributed by atoms with E-state index in [4.69, 9.17) is 21.1 Å². The number of anilines is 2. The second kappa shape index (κ2) is 11.5. The van der Waals surface area contributed by atoms with Gasteiger partial charge < -0.3 is 20.1 Å². The smallest absolute Gasteiger partial charge is 0.346 e. The molecule has 9 nitrogen and oxygen atoms in total. The van der Waals surface area contributed by atoms with Gasteiger partial charge in [-0.05, 0) is 55.5 Å². The van der Waals surface area contributed by atoms with Crippen molar-refractivity contribution in [3.05, 3.63) is 70.5 Å². The molecule has 0 aliphatic heterocycles. The Morgan fingerprint density at radius 3 is 2.38 bits per heavy atom. The number of hydrogen-bond donors (Lipinski definition) is 2. The van der Waals surface area contributed by atoms with E-state index in [0.717, 1.165) is 10.4 Å². The highest BCUT2D eigenvalue weighted by Crippen LogP contribution is 2.34. The van der Waals surface area contributed by atoms with Crippen LogP contribution in [-0.2, 0) is 11.2 Å². The van der Waals surface area contributed by atoms with Crippen LogP contribution < -0.4 is 20.1 Å². The second-order valence-electron chi connectivity index (χ2n) is 9.86. The Labute approximate surface area is 236 Å². The second-order valence-corrected chi connectivity index (χ2v) is 11.3. The summed E-state index contributed by atoms with van der Waals surface area (Å²) in [5, 5.41) is 11.4. The highest BCUT2D eigenvalue weighted by atomic mass is 35.5. The highest BCUT2D eigenvalue weighted by Gasteiger charge is 2.24. The number of nitrogens with zero attached hydrogens (tertiary/aromatic N) is 3. The molecule has 0 bridgehead atoms.